The van der Waals surface area contributed by atoms with Crippen molar-refractivity contribution in [2.45, 2.75) is 37.1 Å². The van der Waals surface area contributed by atoms with Gasteiger partial charge in [0.1, 0.15) is 11.4 Å². The molecule has 2 aromatic rings. The lowest BCUT2D eigenvalue weighted by atomic mass is 10.2. The lowest BCUT2D eigenvalue weighted by Gasteiger charge is -2.20. The third kappa shape index (κ3) is 5.54. The molecule has 0 aliphatic heterocycles. The zero-order valence-corrected chi connectivity index (χ0v) is 15.6. The second kappa shape index (κ2) is 7.69. The molecule has 1 aromatic heterocycles. The summed E-state index contributed by atoms with van der Waals surface area (Å²) in [6.45, 7) is 2.98. The minimum absolute atomic E-state index is 0.0841. The molecule has 0 aliphatic rings. The van der Waals surface area contributed by atoms with Crippen molar-refractivity contribution in [2.75, 3.05) is 16.9 Å². The van der Waals surface area contributed by atoms with Crippen molar-refractivity contribution < 1.29 is 22.5 Å². The summed E-state index contributed by atoms with van der Waals surface area (Å²) in [5.41, 5.74) is -0.590. The van der Waals surface area contributed by atoms with Crippen LogP contribution in [-0.4, -0.2) is 37.7 Å². The Bertz CT molecular complexity index is 899. The van der Waals surface area contributed by atoms with Crippen molar-refractivity contribution in [3.8, 4) is 0 Å². The van der Waals surface area contributed by atoms with Crippen LogP contribution in [-0.2, 0) is 15.9 Å². The summed E-state index contributed by atoms with van der Waals surface area (Å²) in [5.74, 6) is -0.535. The average molecular weight is 403 g/mol. The number of aromatic nitrogens is 2. The molecule has 0 amide bonds. The Morgan fingerprint density at radius 2 is 1.81 bits per heavy atom. The quantitative estimate of drug-likeness (QED) is 0.588. The topological polar surface area (TPSA) is 111 Å². The van der Waals surface area contributed by atoms with Gasteiger partial charge in [-0.3, -0.25) is 0 Å². The Labute approximate surface area is 155 Å². The van der Waals surface area contributed by atoms with E-state index in [-0.39, 0.29) is 5.95 Å². The zero-order valence-electron chi connectivity index (χ0n) is 14.8. The molecule has 2 rings (SSSR count). The second-order valence-electron chi connectivity index (χ2n) is 6.12. The summed E-state index contributed by atoms with van der Waals surface area (Å²) in [6, 6.07) is 5.36. The minimum atomic E-state index is -4.66. The van der Waals surface area contributed by atoms with Gasteiger partial charge in [0, 0.05) is 23.0 Å². The van der Waals surface area contributed by atoms with E-state index in [9.17, 15) is 22.5 Å². The van der Waals surface area contributed by atoms with Gasteiger partial charge < -0.3 is 15.7 Å². The molecule has 1 unspecified atom stereocenters. The SMILES string of the molecule is C[C@@H](O)[C@@H](C)Nc1nc(Nc2ccc(S(C)(=N)=O)cc2)ncc1C(F)(F)F. The molecule has 1 aromatic carbocycles. The number of aliphatic hydroxyl groups is 1. The first kappa shape index (κ1) is 20.9. The number of halogens is 3. The van der Waals surface area contributed by atoms with Crippen LogP contribution in [0, 0.1) is 4.78 Å². The van der Waals surface area contributed by atoms with Crippen molar-refractivity contribution in [1.82, 2.24) is 9.97 Å². The van der Waals surface area contributed by atoms with Gasteiger partial charge >= 0.3 is 6.18 Å². The fourth-order valence-electron chi connectivity index (χ4n) is 2.02. The van der Waals surface area contributed by atoms with Crippen LogP contribution in [0.15, 0.2) is 35.4 Å². The van der Waals surface area contributed by atoms with E-state index in [0.29, 0.717) is 16.8 Å². The molecule has 148 valence electrons. The smallest absolute Gasteiger partial charge is 0.391 e. The van der Waals surface area contributed by atoms with E-state index in [1.54, 1.807) is 0 Å². The fraction of sp³-hybridized carbons (Fsp3) is 0.375. The fourth-order valence-corrected chi connectivity index (χ4v) is 2.68. The molecule has 0 saturated carbocycles. The average Bonchev–Trinajstić information content (AvgIpc) is 2.53. The van der Waals surface area contributed by atoms with E-state index >= 15 is 0 Å². The highest BCUT2D eigenvalue weighted by Crippen LogP contribution is 2.34. The standard InChI is InChI=1S/C16H20F3N5O2S/c1-9(10(2)25)22-14-13(16(17,18)19)8-21-15(24-14)23-11-4-6-12(7-5-11)27(3,20)26/h4-10,20,25H,1-3H3,(H2,21,22,23,24)/t9-,10-,27?/m1/s1. The van der Waals surface area contributed by atoms with Crippen molar-refractivity contribution in [3.63, 3.8) is 0 Å². The van der Waals surface area contributed by atoms with Crippen LogP contribution >= 0.6 is 0 Å². The predicted octanol–water partition coefficient (Wildman–Crippen LogP) is 3.46. The lowest BCUT2D eigenvalue weighted by Crippen LogP contribution is -2.29. The molecule has 7 nitrogen and oxygen atoms in total. The normalized spacial score (nSPS) is 16.3. The number of rotatable bonds is 6. The van der Waals surface area contributed by atoms with Gasteiger partial charge in [0.2, 0.25) is 5.95 Å². The number of nitrogens with one attached hydrogen (secondary N) is 3. The van der Waals surface area contributed by atoms with Crippen LogP contribution in [0.4, 0.5) is 30.6 Å². The predicted molar refractivity (Wildman–Crippen MR) is 96.6 cm³/mol. The Morgan fingerprint density at radius 1 is 1.22 bits per heavy atom. The number of anilines is 3. The summed E-state index contributed by atoms with van der Waals surface area (Å²) in [7, 11) is -2.86. The van der Waals surface area contributed by atoms with Crippen LogP contribution in [0.5, 0.6) is 0 Å². The van der Waals surface area contributed by atoms with Crippen LogP contribution < -0.4 is 10.6 Å². The maximum absolute atomic E-state index is 13.2. The molecule has 27 heavy (non-hydrogen) atoms. The molecular formula is C16H20F3N5O2S. The second-order valence-corrected chi connectivity index (χ2v) is 8.28. The molecule has 0 spiro atoms. The van der Waals surface area contributed by atoms with Crippen LogP contribution in [0.25, 0.3) is 0 Å². The number of hydrogen-bond donors (Lipinski definition) is 4. The molecule has 0 fully saturated rings. The first-order chi connectivity index (χ1) is 12.4. The van der Waals surface area contributed by atoms with Gasteiger partial charge in [-0.1, -0.05) is 0 Å². The first-order valence-electron chi connectivity index (χ1n) is 7.87. The van der Waals surface area contributed by atoms with Crippen molar-refractivity contribution in [1.29, 1.82) is 4.78 Å². The van der Waals surface area contributed by atoms with Crippen molar-refractivity contribution in [2.24, 2.45) is 0 Å². The van der Waals surface area contributed by atoms with Crippen molar-refractivity contribution >= 4 is 27.2 Å². The highest BCUT2D eigenvalue weighted by atomic mass is 32.2. The van der Waals surface area contributed by atoms with Gasteiger partial charge in [0.25, 0.3) is 0 Å². The number of nitrogens with zero attached hydrogens (tertiary/aromatic N) is 2. The summed E-state index contributed by atoms with van der Waals surface area (Å²) < 4.78 is 58.7. The van der Waals surface area contributed by atoms with Gasteiger partial charge in [0.05, 0.1) is 21.9 Å². The Balaban J connectivity index is 2.32. The molecule has 1 heterocycles. The summed E-state index contributed by atoms with van der Waals surface area (Å²) >= 11 is 0. The Kier molecular flexibility index (Phi) is 5.95. The van der Waals surface area contributed by atoms with E-state index < -0.39 is 39.4 Å². The third-order valence-electron chi connectivity index (χ3n) is 3.74. The molecule has 0 bridgehead atoms. The maximum Gasteiger partial charge on any atom is 0.421 e. The summed E-state index contributed by atoms with van der Waals surface area (Å²) in [4.78, 5) is 7.88. The maximum atomic E-state index is 13.2. The highest BCUT2D eigenvalue weighted by Gasteiger charge is 2.35. The van der Waals surface area contributed by atoms with Crippen LogP contribution in [0.2, 0.25) is 0 Å². The number of aliphatic hydroxyl groups excluding tert-OH is 1. The van der Waals surface area contributed by atoms with E-state index in [2.05, 4.69) is 20.6 Å². The molecule has 0 radical (unpaired) electrons. The van der Waals surface area contributed by atoms with Crippen LogP contribution in [0.1, 0.15) is 19.4 Å². The van der Waals surface area contributed by atoms with E-state index in [1.807, 2.05) is 0 Å². The van der Waals surface area contributed by atoms with Gasteiger partial charge in [-0.05, 0) is 38.1 Å². The Hall–Kier alpha value is -2.40. The van der Waals surface area contributed by atoms with Crippen molar-refractivity contribution in [3.05, 3.63) is 36.0 Å². The molecule has 3 atom stereocenters. The number of alkyl halides is 3. The lowest BCUT2D eigenvalue weighted by molar-refractivity contribution is -0.137. The van der Waals surface area contributed by atoms with Gasteiger partial charge in [-0.15, -0.1) is 0 Å². The van der Waals surface area contributed by atoms with E-state index in [0.717, 1.165) is 0 Å². The van der Waals surface area contributed by atoms with Crippen LogP contribution in [0.3, 0.4) is 0 Å². The summed E-state index contributed by atoms with van der Waals surface area (Å²) in [6.07, 6.45) is -3.60. The van der Waals surface area contributed by atoms with E-state index in [4.69, 9.17) is 4.78 Å². The first-order valence-corrected chi connectivity index (χ1v) is 9.84. The molecule has 0 saturated heterocycles. The molecule has 11 heteroatoms. The van der Waals surface area contributed by atoms with Gasteiger partial charge in [0.15, 0.2) is 0 Å². The molecule has 0 aliphatic carbocycles. The minimum Gasteiger partial charge on any atom is -0.391 e. The number of hydrogen-bond acceptors (Lipinski definition) is 7. The van der Waals surface area contributed by atoms with Gasteiger partial charge in [-0.2, -0.15) is 18.2 Å². The largest absolute Gasteiger partial charge is 0.421 e. The molecule has 4 N–H and O–H groups in total. The highest BCUT2D eigenvalue weighted by molar-refractivity contribution is 7.91. The monoisotopic (exact) mass is 403 g/mol. The number of benzene rings is 1. The molecular weight excluding hydrogens is 383 g/mol. The third-order valence-corrected chi connectivity index (χ3v) is 4.91. The zero-order chi connectivity index (χ0) is 20.4. The van der Waals surface area contributed by atoms with E-state index in [1.165, 1.54) is 44.4 Å². The summed E-state index contributed by atoms with van der Waals surface area (Å²) in [5, 5.41) is 14.8. The Morgan fingerprint density at radius 3 is 2.30 bits per heavy atom. The van der Waals surface area contributed by atoms with Gasteiger partial charge in [-0.25, -0.2) is 14.0 Å².